The Morgan fingerprint density at radius 2 is 1.75 bits per heavy atom. The number of carbonyl (C=O) groups excluding carboxylic acids is 2. The first-order chi connectivity index (χ1) is 9.44. The predicted octanol–water partition coefficient (Wildman–Crippen LogP) is 2.48. The van der Waals surface area contributed by atoms with Crippen molar-refractivity contribution in [3.8, 4) is 0 Å². The minimum Gasteiger partial charge on any atom is -0.313 e. The summed E-state index contributed by atoms with van der Waals surface area (Å²) >= 11 is 0. The van der Waals surface area contributed by atoms with Gasteiger partial charge in [0.1, 0.15) is 0 Å². The minimum atomic E-state index is -0.235. The summed E-state index contributed by atoms with van der Waals surface area (Å²) in [6.45, 7) is 7.47. The summed E-state index contributed by atoms with van der Waals surface area (Å²) in [5.41, 5.74) is 1.47. The smallest absolute Gasteiger partial charge is 0.234 e. The van der Waals surface area contributed by atoms with Crippen molar-refractivity contribution in [1.29, 1.82) is 0 Å². The summed E-state index contributed by atoms with van der Waals surface area (Å²) in [7, 11) is 0. The molecule has 0 radical (unpaired) electrons. The van der Waals surface area contributed by atoms with Gasteiger partial charge in [0.2, 0.25) is 11.8 Å². The molecule has 4 heteroatoms. The summed E-state index contributed by atoms with van der Waals surface area (Å²) in [5, 5.41) is 3.24. The van der Waals surface area contributed by atoms with E-state index in [1.807, 2.05) is 45.0 Å². The van der Waals surface area contributed by atoms with Gasteiger partial charge in [0.15, 0.2) is 0 Å². The van der Waals surface area contributed by atoms with Gasteiger partial charge >= 0.3 is 0 Å². The second-order valence-corrected chi connectivity index (χ2v) is 6.05. The van der Waals surface area contributed by atoms with E-state index in [-0.39, 0.29) is 17.2 Å². The molecule has 20 heavy (non-hydrogen) atoms. The van der Waals surface area contributed by atoms with E-state index in [1.165, 1.54) is 4.90 Å². The Hall–Kier alpha value is -1.68. The van der Waals surface area contributed by atoms with Crippen molar-refractivity contribution in [1.82, 2.24) is 5.32 Å². The Bertz CT molecular complexity index is 503. The first-order valence-corrected chi connectivity index (χ1v) is 7.09. The van der Waals surface area contributed by atoms with Crippen LogP contribution < -0.4 is 10.2 Å². The Morgan fingerprint density at radius 1 is 1.15 bits per heavy atom. The summed E-state index contributed by atoms with van der Waals surface area (Å²) in [6.07, 6.45) is 0.822. The van der Waals surface area contributed by atoms with Crippen LogP contribution in [-0.2, 0) is 16.1 Å². The number of piperidine rings is 1. The maximum absolute atomic E-state index is 12.3. The van der Waals surface area contributed by atoms with E-state index in [1.54, 1.807) is 0 Å². The topological polar surface area (TPSA) is 49.4 Å². The van der Waals surface area contributed by atoms with Crippen molar-refractivity contribution < 1.29 is 9.59 Å². The fourth-order valence-corrected chi connectivity index (χ4v) is 2.59. The van der Waals surface area contributed by atoms with Gasteiger partial charge in [-0.2, -0.15) is 0 Å². The molecule has 1 N–H and O–H groups in total. The third-order valence-corrected chi connectivity index (χ3v) is 3.56. The number of imide groups is 1. The van der Waals surface area contributed by atoms with Gasteiger partial charge in [-0.15, -0.1) is 0 Å². The number of para-hydroxylation sites is 1. The number of nitrogens with one attached hydrogen (secondary N) is 1. The number of nitrogens with zero attached hydrogens (tertiary/aromatic N) is 1. The summed E-state index contributed by atoms with van der Waals surface area (Å²) in [5.74, 6) is -0.203. The highest BCUT2D eigenvalue weighted by Crippen LogP contribution is 2.35. The van der Waals surface area contributed by atoms with Gasteiger partial charge < -0.3 is 5.32 Å². The highest BCUT2D eigenvalue weighted by Gasteiger charge is 2.38. The molecule has 1 aromatic rings. The molecule has 0 aromatic heterocycles. The van der Waals surface area contributed by atoms with Crippen LogP contribution in [-0.4, -0.2) is 18.4 Å². The Balaban J connectivity index is 2.31. The van der Waals surface area contributed by atoms with Crippen LogP contribution in [0.2, 0.25) is 0 Å². The van der Waals surface area contributed by atoms with Crippen LogP contribution in [0.15, 0.2) is 24.3 Å². The number of hydrogen-bond donors (Lipinski definition) is 1. The number of hydrogen-bond acceptors (Lipinski definition) is 3. The quantitative estimate of drug-likeness (QED) is 0.858. The van der Waals surface area contributed by atoms with Crippen molar-refractivity contribution in [2.24, 2.45) is 5.41 Å². The molecule has 1 aliphatic heterocycles. The zero-order valence-electron chi connectivity index (χ0n) is 12.4. The normalized spacial score (nSPS) is 18.4. The number of rotatable bonds is 4. The molecule has 2 amide bonds. The molecule has 0 bridgehead atoms. The van der Waals surface area contributed by atoms with E-state index in [4.69, 9.17) is 0 Å². The van der Waals surface area contributed by atoms with E-state index in [9.17, 15) is 9.59 Å². The number of benzene rings is 1. The lowest BCUT2D eigenvalue weighted by atomic mass is 9.81. The maximum atomic E-state index is 12.3. The van der Waals surface area contributed by atoms with Crippen molar-refractivity contribution in [2.45, 2.75) is 40.2 Å². The average molecular weight is 274 g/mol. The van der Waals surface area contributed by atoms with Crippen LogP contribution in [0.1, 0.15) is 39.2 Å². The van der Waals surface area contributed by atoms with Crippen LogP contribution in [0.5, 0.6) is 0 Å². The van der Waals surface area contributed by atoms with Gasteiger partial charge in [-0.05, 0) is 23.6 Å². The number of anilines is 1. The molecular weight excluding hydrogens is 252 g/mol. The minimum absolute atomic E-state index is 0.102. The van der Waals surface area contributed by atoms with E-state index < -0.39 is 0 Å². The third-order valence-electron chi connectivity index (χ3n) is 3.56. The van der Waals surface area contributed by atoms with Crippen LogP contribution in [0, 0.1) is 5.41 Å². The lowest BCUT2D eigenvalue weighted by Gasteiger charge is -2.35. The molecule has 4 nitrogen and oxygen atoms in total. The molecule has 2 rings (SSSR count). The van der Waals surface area contributed by atoms with Gasteiger partial charge in [0.05, 0.1) is 5.69 Å². The second kappa shape index (κ2) is 5.75. The van der Waals surface area contributed by atoms with Crippen molar-refractivity contribution in [3.63, 3.8) is 0 Å². The molecule has 1 heterocycles. The number of amides is 2. The fraction of sp³-hybridized carbons (Fsp3) is 0.500. The molecule has 108 valence electrons. The maximum Gasteiger partial charge on any atom is 0.234 e. The van der Waals surface area contributed by atoms with Crippen molar-refractivity contribution in [2.75, 3.05) is 11.4 Å². The van der Waals surface area contributed by atoms with Crippen LogP contribution in [0.25, 0.3) is 0 Å². The molecule has 1 fully saturated rings. The Kier molecular flexibility index (Phi) is 4.23. The lowest BCUT2D eigenvalue weighted by Crippen LogP contribution is -2.46. The van der Waals surface area contributed by atoms with Gasteiger partial charge in [0, 0.05) is 19.4 Å². The SMILES string of the molecule is CCNCc1ccccc1N1C(=O)CC(C)(C)CC1=O. The molecule has 0 aliphatic carbocycles. The van der Waals surface area contributed by atoms with Crippen molar-refractivity contribution >= 4 is 17.5 Å². The molecule has 0 saturated carbocycles. The monoisotopic (exact) mass is 274 g/mol. The Morgan fingerprint density at radius 3 is 2.35 bits per heavy atom. The first kappa shape index (κ1) is 14.7. The third kappa shape index (κ3) is 3.07. The largest absolute Gasteiger partial charge is 0.313 e. The van der Waals surface area contributed by atoms with E-state index >= 15 is 0 Å². The standard InChI is InChI=1S/C16H22N2O2/c1-4-17-11-12-7-5-6-8-13(12)18-14(19)9-16(2,3)10-15(18)20/h5-8,17H,4,9-11H2,1-3H3. The van der Waals surface area contributed by atoms with E-state index in [0.717, 1.165) is 17.8 Å². The zero-order valence-corrected chi connectivity index (χ0v) is 12.4. The molecular formula is C16H22N2O2. The molecule has 0 spiro atoms. The van der Waals surface area contributed by atoms with Gasteiger partial charge in [-0.1, -0.05) is 39.0 Å². The van der Waals surface area contributed by atoms with Gasteiger partial charge in [-0.25, -0.2) is 0 Å². The highest BCUT2D eigenvalue weighted by atomic mass is 16.2. The van der Waals surface area contributed by atoms with Crippen LogP contribution in [0.4, 0.5) is 5.69 Å². The molecule has 1 aromatic carbocycles. The highest BCUT2D eigenvalue weighted by molar-refractivity contribution is 6.17. The summed E-state index contributed by atoms with van der Waals surface area (Å²) in [4.78, 5) is 26.0. The first-order valence-electron chi connectivity index (χ1n) is 7.09. The number of carbonyl (C=O) groups is 2. The lowest BCUT2D eigenvalue weighted by molar-refractivity contribution is -0.132. The van der Waals surface area contributed by atoms with Crippen LogP contribution in [0.3, 0.4) is 0 Å². The summed E-state index contributed by atoms with van der Waals surface area (Å²) < 4.78 is 0. The summed E-state index contributed by atoms with van der Waals surface area (Å²) in [6, 6.07) is 7.60. The Labute approximate surface area is 120 Å². The molecule has 1 aliphatic rings. The van der Waals surface area contributed by atoms with Gasteiger partial charge in [0.25, 0.3) is 0 Å². The van der Waals surface area contributed by atoms with Crippen LogP contribution >= 0.6 is 0 Å². The second-order valence-electron chi connectivity index (χ2n) is 6.05. The zero-order chi connectivity index (χ0) is 14.8. The average Bonchev–Trinajstić information content (AvgIpc) is 2.35. The van der Waals surface area contributed by atoms with Gasteiger partial charge in [-0.3, -0.25) is 14.5 Å². The molecule has 0 atom stereocenters. The van der Waals surface area contributed by atoms with E-state index in [2.05, 4.69) is 5.32 Å². The molecule has 0 unspecified atom stereocenters. The fourth-order valence-electron chi connectivity index (χ4n) is 2.59. The van der Waals surface area contributed by atoms with E-state index in [0.29, 0.717) is 19.4 Å². The molecule has 1 saturated heterocycles. The van der Waals surface area contributed by atoms with Crippen molar-refractivity contribution in [3.05, 3.63) is 29.8 Å². The predicted molar refractivity (Wildman–Crippen MR) is 79.3 cm³/mol.